The summed E-state index contributed by atoms with van der Waals surface area (Å²) >= 11 is 0. The fourth-order valence-corrected chi connectivity index (χ4v) is 1.11. The van der Waals surface area contributed by atoms with Gasteiger partial charge in [-0.3, -0.25) is 4.79 Å². The maximum Gasteiger partial charge on any atom is 0.307 e. The highest BCUT2D eigenvalue weighted by Crippen LogP contribution is 2.12. The predicted molar refractivity (Wildman–Crippen MR) is 55.2 cm³/mol. The Kier molecular flexibility index (Phi) is 5.72. The molecule has 0 saturated carbocycles. The van der Waals surface area contributed by atoms with Gasteiger partial charge in [0.15, 0.2) is 0 Å². The number of aliphatic hydroxyl groups is 1. The van der Waals surface area contributed by atoms with Gasteiger partial charge in [0.05, 0.1) is 11.5 Å². The second-order valence-electron chi connectivity index (χ2n) is 3.80. The summed E-state index contributed by atoms with van der Waals surface area (Å²) in [4.78, 5) is 10.5. The summed E-state index contributed by atoms with van der Waals surface area (Å²) in [6.07, 6.45) is 1.36. The lowest BCUT2D eigenvalue weighted by molar-refractivity contribution is -0.141. The Labute approximate surface area is 85.3 Å². The van der Waals surface area contributed by atoms with Crippen molar-refractivity contribution in [2.45, 2.75) is 39.2 Å². The minimum atomic E-state index is -0.811. The quantitative estimate of drug-likeness (QED) is 0.573. The molecule has 0 aliphatic rings. The first-order chi connectivity index (χ1) is 6.45. The molecule has 0 aromatic heterocycles. The van der Waals surface area contributed by atoms with Crippen LogP contribution in [0.3, 0.4) is 0 Å². The van der Waals surface area contributed by atoms with Crippen molar-refractivity contribution in [2.75, 3.05) is 13.1 Å². The van der Waals surface area contributed by atoms with Gasteiger partial charge in [-0.1, -0.05) is 20.8 Å². The number of carbonyl (C=O) groups is 1. The zero-order valence-corrected chi connectivity index (χ0v) is 9.21. The lowest BCUT2D eigenvalue weighted by atomic mass is 9.97. The molecule has 0 aromatic rings. The number of hydrogen-bond acceptors (Lipinski definition) is 3. The summed E-state index contributed by atoms with van der Waals surface area (Å²) in [5.74, 6) is -1.22. The van der Waals surface area contributed by atoms with Crippen LogP contribution >= 0.6 is 0 Å². The van der Waals surface area contributed by atoms with E-state index in [1.165, 1.54) is 0 Å². The Balaban J connectivity index is 3.77. The lowest BCUT2D eigenvalue weighted by Crippen LogP contribution is -2.41. The molecule has 0 aliphatic carbocycles. The van der Waals surface area contributed by atoms with Gasteiger partial charge in [-0.05, 0) is 12.8 Å². The van der Waals surface area contributed by atoms with Crippen LogP contribution < -0.4 is 5.32 Å². The number of aliphatic carboxylic acids is 1. The first-order valence-electron chi connectivity index (χ1n) is 5.11. The largest absolute Gasteiger partial charge is 0.481 e. The van der Waals surface area contributed by atoms with Crippen LogP contribution in [0, 0.1) is 5.92 Å². The molecule has 14 heavy (non-hydrogen) atoms. The normalized spacial score (nSPS) is 14.0. The number of carboxylic acids is 1. The Morgan fingerprint density at radius 1 is 1.43 bits per heavy atom. The van der Waals surface area contributed by atoms with Crippen molar-refractivity contribution in [3.05, 3.63) is 0 Å². The average molecular weight is 203 g/mol. The molecule has 0 spiro atoms. The first kappa shape index (κ1) is 13.4. The Hall–Kier alpha value is -0.610. The smallest absolute Gasteiger partial charge is 0.307 e. The van der Waals surface area contributed by atoms with Gasteiger partial charge < -0.3 is 15.5 Å². The molecule has 0 radical (unpaired) electrons. The van der Waals surface area contributed by atoms with Gasteiger partial charge in [0.2, 0.25) is 0 Å². The maximum absolute atomic E-state index is 10.5. The van der Waals surface area contributed by atoms with Crippen LogP contribution in [0.15, 0.2) is 0 Å². The third-order valence-corrected chi connectivity index (χ3v) is 2.64. The number of rotatable bonds is 7. The third-order valence-electron chi connectivity index (χ3n) is 2.64. The molecule has 1 atom stereocenters. The number of hydrogen-bond donors (Lipinski definition) is 3. The van der Waals surface area contributed by atoms with E-state index in [1.54, 1.807) is 6.92 Å². The fraction of sp³-hybridized carbons (Fsp3) is 0.900. The van der Waals surface area contributed by atoms with Gasteiger partial charge in [0.1, 0.15) is 0 Å². The minimum Gasteiger partial charge on any atom is -0.481 e. The summed E-state index contributed by atoms with van der Waals surface area (Å²) in [7, 11) is 0. The van der Waals surface area contributed by atoms with Gasteiger partial charge in [0.25, 0.3) is 0 Å². The standard InChI is InChI=1S/C10H21NO3/c1-4-10(14,5-2)7-11-6-8(3)9(12)13/h8,11,14H,4-7H2,1-3H3,(H,12,13). The van der Waals surface area contributed by atoms with Crippen LogP contribution in [0.5, 0.6) is 0 Å². The first-order valence-corrected chi connectivity index (χ1v) is 5.11. The van der Waals surface area contributed by atoms with E-state index in [0.29, 0.717) is 25.9 Å². The highest BCUT2D eigenvalue weighted by atomic mass is 16.4. The molecule has 4 nitrogen and oxygen atoms in total. The van der Waals surface area contributed by atoms with Gasteiger partial charge in [0, 0.05) is 13.1 Å². The van der Waals surface area contributed by atoms with Crippen LogP contribution in [0.1, 0.15) is 33.6 Å². The molecule has 0 fully saturated rings. The van der Waals surface area contributed by atoms with Crippen LogP contribution in [-0.2, 0) is 4.79 Å². The molecule has 0 bridgehead atoms. The van der Waals surface area contributed by atoms with Gasteiger partial charge >= 0.3 is 5.97 Å². The predicted octanol–water partition coefficient (Wildman–Crippen LogP) is 0.848. The van der Waals surface area contributed by atoms with E-state index >= 15 is 0 Å². The maximum atomic E-state index is 10.5. The van der Waals surface area contributed by atoms with E-state index in [1.807, 2.05) is 13.8 Å². The Bertz CT molecular complexity index is 178. The highest BCUT2D eigenvalue weighted by Gasteiger charge is 2.22. The zero-order valence-electron chi connectivity index (χ0n) is 9.21. The number of nitrogens with one attached hydrogen (secondary N) is 1. The molecule has 0 rings (SSSR count). The second-order valence-corrected chi connectivity index (χ2v) is 3.80. The average Bonchev–Trinajstić information content (AvgIpc) is 2.17. The summed E-state index contributed by atoms with van der Waals surface area (Å²) < 4.78 is 0. The summed E-state index contributed by atoms with van der Waals surface area (Å²) in [6.45, 7) is 6.35. The van der Waals surface area contributed by atoms with Gasteiger partial charge in [-0.15, -0.1) is 0 Å². The fourth-order valence-electron chi connectivity index (χ4n) is 1.11. The van der Waals surface area contributed by atoms with Crippen LogP contribution in [-0.4, -0.2) is 34.9 Å². The van der Waals surface area contributed by atoms with Gasteiger partial charge in [-0.2, -0.15) is 0 Å². The Morgan fingerprint density at radius 2 is 1.93 bits per heavy atom. The van der Waals surface area contributed by atoms with E-state index in [0.717, 1.165) is 0 Å². The second kappa shape index (κ2) is 5.98. The molecule has 0 aliphatic heterocycles. The highest BCUT2D eigenvalue weighted by molar-refractivity contribution is 5.69. The molecular formula is C10H21NO3. The molecule has 0 amide bonds. The summed E-state index contributed by atoms with van der Waals surface area (Å²) in [5, 5.41) is 21.5. The molecule has 84 valence electrons. The van der Waals surface area contributed by atoms with E-state index in [2.05, 4.69) is 5.32 Å². The molecule has 3 N–H and O–H groups in total. The van der Waals surface area contributed by atoms with Crippen molar-refractivity contribution in [1.29, 1.82) is 0 Å². The van der Waals surface area contributed by atoms with Crippen LogP contribution in [0.2, 0.25) is 0 Å². The molecular weight excluding hydrogens is 182 g/mol. The topological polar surface area (TPSA) is 69.6 Å². The summed E-state index contributed by atoms with van der Waals surface area (Å²) in [6, 6.07) is 0. The minimum absolute atomic E-state index is 0.400. The molecule has 1 unspecified atom stereocenters. The number of carboxylic acid groups (broad SMARTS) is 1. The van der Waals surface area contributed by atoms with Crippen molar-refractivity contribution in [2.24, 2.45) is 5.92 Å². The van der Waals surface area contributed by atoms with Crippen LogP contribution in [0.4, 0.5) is 0 Å². The van der Waals surface area contributed by atoms with Crippen molar-refractivity contribution in [3.63, 3.8) is 0 Å². The van der Waals surface area contributed by atoms with E-state index < -0.39 is 17.5 Å². The lowest BCUT2D eigenvalue weighted by Gasteiger charge is -2.25. The van der Waals surface area contributed by atoms with Crippen LogP contribution in [0.25, 0.3) is 0 Å². The summed E-state index contributed by atoms with van der Waals surface area (Å²) in [5.41, 5.74) is -0.696. The van der Waals surface area contributed by atoms with E-state index in [9.17, 15) is 9.90 Å². The van der Waals surface area contributed by atoms with Crippen molar-refractivity contribution in [3.8, 4) is 0 Å². The molecule has 0 aromatic carbocycles. The Morgan fingerprint density at radius 3 is 2.29 bits per heavy atom. The van der Waals surface area contributed by atoms with Crippen molar-refractivity contribution in [1.82, 2.24) is 5.32 Å². The molecule has 4 heteroatoms. The van der Waals surface area contributed by atoms with Gasteiger partial charge in [-0.25, -0.2) is 0 Å². The van der Waals surface area contributed by atoms with Crippen molar-refractivity contribution >= 4 is 5.97 Å². The van der Waals surface area contributed by atoms with E-state index in [4.69, 9.17) is 5.11 Å². The molecule has 0 heterocycles. The zero-order chi connectivity index (χ0) is 11.2. The third kappa shape index (κ3) is 4.58. The van der Waals surface area contributed by atoms with Crippen molar-refractivity contribution < 1.29 is 15.0 Å². The SMILES string of the molecule is CCC(O)(CC)CNCC(C)C(=O)O. The van der Waals surface area contributed by atoms with E-state index in [-0.39, 0.29) is 0 Å². The molecule has 0 saturated heterocycles. The monoisotopic (exact) mass is 203 g/mol.